The summed E-state index contributed by atoms with van der Waals surface area (Å²) in [6.07, 6.45) is -5.49. The molecule has 0 aliphatic carbocycles. The Morgan fingerprint density at radius 2 is 2.00 bits per heavy atom. The summed E-state index contributed by atoms with van der Waals surface area (Å²) in [5.74, 6) is 0. The summed E-state index contributed by atoms with van der Waals surface area (Å²) in [5.41, 5.74) is -0.956. The van der Waals surface area contributed by atoms with Gasteiger partial charge in [0.1, 0.15) is 11.7 Å². The average Bonchev–Trinajstić information content (AvgIpc) is 2.45. The first-order valence-electron chi connectivity index (χ1n) is 7.33. The second-order valence-electron chi connectivity index (χ2n) is 6.41. The molecule has 0 radical (unpaired) electrons. The third kappa shape index (κ3) is 4.86. The number of benzene rings is 1. The molecule has 1 atom stereocenters. The van der Waals surface area contributed by atoms with Crippen LogP contribution in [-0.4, -0.2) is 36.3 Å². The summed E-state index contributed by atoms with van der Waals surface area (Å²) in [6.45, 7) is 6.04. The minimum atomic E-state index is -4.41. The van der Waals surface area contributed by atoms with Crippen LogP contribution in [0.2, 0.25) is 0 Å². The van der Waals surface area contributed by atoms with Crippen molar-refractivity contribution in [2.75, 3.05) is 19.7 Å². The molecule has 1 unspecified atom stereocenters. The van der Waals surface area contributed by atoms with Gasteiger partial charge < -0.3 is 14.4 Å². The molecule has 1 aromatic rings. The second-order valence-corrected chi connectivity index (χ2v) is 6.41. The van der Waals surface area contributed by atoms with Crippen LogP contribution >= 0.6 is 0 Å². The summed E-state index contributed by atoms with van der Waals surface area (Å²) < 4.78 is 49.2. The first-order chi connectivity index (χ1) is 10.6. The van der Waals surface area contributed by atoms with Gasteiger partial charge in [0.25, 0.3) is 0 Å². The van der Waals surface area contributed by atoms with E-state index in [0.717, 1.165) is 12.1 Å². The van der Waals surface area contributed by atoms with E-state index in [1.165, 1.54) is 11.0 Å². The Hall–Kier alpha value is -1.76. The smallest absolute Gasteiger partial charge is 0.416 e. The van der Waals surface area contributed by atoms with Crippen molar-refractivity contribution in [3.63, 3.8) is 0 Å². The van der Waals surface area contributed by atoms with Crippen LogP contribution in [-0.2, 0) is 15.7 Å². The van der Waals surface area contributed by atoms with Crippen molar-refractivity contribution >= 4 is 6.09 Å². The van der Waals surface area contributed by atoms with Crippen LogP contribution < -0.4 is 0 Å². The minimum Gasteiger partial charge on any atom is -0.444 e. The topological polar surface area (TPSA) is 38.8 Å². The lowest BCUT2D eigenvalue weighted by molar-refractivity contribution is -0.137. The number of rotatable bonds is 1. The van der Waals surface area contributed by atoms with Gasteiger partial charge in [-0.25, -0.2) is 4.79 Å². The van der Waals surface area contributed by atoms with E-state index in [1.54, 1.807) is 26.8 Å². The lowest BCUT2D eigenvalue weighted by Crippen LogP contribution is -2.44. The summed E-state index contributed by atoms with van der Waals surface area (Å²) >= 11 is 0. The molecule has 4 nitrogen and oxygen atoms in total. The maximum Gasteiger partial charge on any atom is 0.416 e. The van der Waals surface area contributed by atoms with Gasteiger partial charge in [-0.3, -0.25) is 0 Å². The Bertz CT molecular complexity index is 566. The highest BCUT2D eigenvalue weighted by Crippen LogP contribution is 2.32. The number of morpholine rings is 1. The van der Waals surface area contributed by atoms with E-state index >= 15 is 0 Å². The monoisotopic (exact) mass is 331 g/mol. The van der Waals surface area contributed by atoms with Crippen LogP contribution in [0, 0.1) is 0 Å². The number of ether oxygens (including phenoxy) is 2. The number of hydrogen-bond donors (Lipinski definition) is 0. The second kappa shape index (κ2) is 6.39. The van der Waals surface area contributed by atoms with Crippen molar-refractivity contribution in [2.45, 2.75) is 38.7 Å². The average molecular weight is 331 g/mol. The number of carbonyl (C=O) groups excluding carboxylic acids is 1. The lowest BCUT2D eigenvalue weighted by atomic mass is 10.0. The molecule has 0 N–H and O–H groups in total. The fraction of sp³-hybridized carbons (Fsp3) is 0.562. The van der Waals surface area contributed by atoms with Crippen LogP contribution in [0.25, 0.3) is 0 Å². The number of hydrogen-bond acceptors (Lipinski definition) is 3. The van der Waals surface area contributed by atoms with Gasteiger partial charge in [-0.05, 0) is 38.5 Å². The van der Waals surface area contributed by atoms with Gasteiger partial charge in [-0.15, -0.1) is 0 Å². The number of halogens is 3. The fourth-order valence-electron chi connectivity index (χ4n) is 2.26. The summed E-state index contributed by atoms with van der Waals surface area (Å²) in [6, 6.07) is 4.98. The highest BCUT2D eigenvalue weighted by molar-refractivity contribution is 5.68. The number of amides is 1. The van der Waals surface area contributed by atoms with Crippen LogP contribution in [0.1, 0.15) is 38.0 Å². The fourth-order valence-corrected chi connectivity index (χ4v) is 2.26. The van der Waals surface area contributed by atoms with E-state index in [-0.39, 0.29) is 13.2 Å². The first-order valence-corrected chi connectivity index (χ1v) is 7.33. The largest absolute Gasteiger partial charge is 0.444 e. The van der Waals surface area contributed by atoms with Crippen LogP contribution in [0.3, 0.4) is 0 Å². The van der Waals surface area contributed by atoms with Crippen molar-refractivity contribution in [2.24, 2.45) is 0 Å². The van der Waals surface area contributed by atoms with Crippen LogP contribution in [0.15, 0.2) is 24.3 Å². The van der Waals surface area contributed by atoms with E-state index in [2.05, 4.69) is 0 Å². The quantitative estimate of drug-likeness (QED) is 0.780. The predicted molar refractivity (Wildman–Crippen MR) is 77.9 cm³/mol. The molecular formula is C16H20F3NO3. The van der Waals surface area contributed by atoms with E-state index in [0.29, 0.717) is 12.1 Å². The van der Waals surface area contributed by atoms with Crippen LogP contribution in [0.5, 0.6) is 0 Å². The molecule has 7 heteroatoms. The van der Waals surface area contributed by atoms with Gasteiger partial charge in [-0.2, -0.15) is 13.2 Å². The van der Waals surface area contributed by atoms with Gasteiger partial charge in [-0.1, -0.05) is 12.1 Å². The van der Waals surface area contributed by atoms with Crippen molar-refractivity contribution < 1.29 is 27.4 Å². The zero-order valence-electron chi connectivity index (χ0n) is 13.3. The normalized spacial score (nSPS) is 19.6. The predicted octanol–water partition coefficient (Wildman–Crippen LogP) is 4.01. The number of alkyl halides is 3. The van der Waals surface area contributed by atoms with E-state index in [9.17, 15) is 18.0 Å². The lowest BCUT2D eigenvalue weighted by Gasteiger charge is -2.34. The number of nitrogens with zero attached hydrogens (tertiary/aromatic N) is 1. The zero-order chi connectivity index (χ0) is 17.3. The van der Waals surface area contributed by atoms with Gasteiger partial charge >= 0.3 is 12.3 Å². The summed E-state index contributed by atoms with van der Waals surface area (Å²) in [4.78, 5) is 13.5. The van der Waals surface area contributed by atoms with Gasteiger partial charge in [0.2, 0.25) is 0 Å². The molecule has 1 aromatic carbocycles. The van der Waals surface area contributed by atoms with E-state index in [4.69, 9.17) is 9.47 Å². The third-order valence-corrected chi connectivity index (χ3v) is 3.30. The molecule has 1 heterocycles. The highest BCUT2D eigenvalue weighted by atomic mass is 19.4. The molecule has 0 spiro atoms. The van der Waals surface area contributed by atoms with Gasteiger partial charge in [0, 0.05) is 6.54 Å². The van der Waals surface area contributed by atoms with Crippen molar-refractivity contribution in [1.82, 2.24) is 4.90 Å². The van der Waals surface area contributed by atoms with Gasteiger partial charge in [0.05, 0.1) is 18.7 Å². The van der Waals surface area contributed by atoms with E-state index < -0.39 is 29.5 Å². The molecule has 1 fully saturated rings. The van der Waals surface area contributed by atoms with Crippen molar-refractivity contribution in [3.8, 4) is 0 Å². The molecule has 0 aromatic heterocycles. The molecule has 1 amide bonds. The molecule has 0 bridgehead atoms. The molecule has 2 rings (SSSR count). The molecule has 1 aliphatic heterocycles. The Labute approximate surface area is 133 Å². The van der Waals surface area contributed by atoms with Crippen molar-refractivity contribution in [3.05, 3.63) is 35.4 Å². The first kappa shape index (κ1) is 17.6. The standard InChI is InChI=1S/C16H20F3NO3/c1-15(2,3)23-14(21)20-7-8-22-13(10-20)11-5-4-6-12(9-11)16(17,18)19/h4-6,9,13H,7-8,10H2,1-3H3. The Kier molecular flexibility index (Phi) is 4.89. The summed E-state index contributed by atoms with van der Waals surface area (Å²) in [5, 5.41) is 0. The van der Waals surface area contributed by atoms with Gasteiger partial charge in [0.15, 0.2) is 0 Å². The Balaban J connectivity index is 2.11. The minimum absolute atomic E-state index is 0.163. The Morgan fingerprint density at radius 1 is 1.30 bits per heavy atom. The highest BCUT2D eigenvalue weighted by Gasteiger charge is 2.33. The molecule has 0 saturated carbocycles. The SMILES string of the molecule is CC(C)(C)OC(=O)N1CCOC(c2cccc(C(F)(F)F)c2)C1. The van der Waals surface area contributed by atoms with Crippen LogP contribution in [0.4, 0.5) is 18.0 Å². The molecule has 1 aliphatic rings. The molecule has 128 valence electrons. The number of carbonyl (C=O) groups is 1. The maximum atomic E-state index is 12.8. The molecule has 23 heavy (non-hydrogen) atoms. The molecule has 1 saturated heterocycles. The van der Waals surface area contributed by atoms with Crippen molar-refractivity contribution in [1.29, 1.82) is 0 Å². The Morgan fingerprint density at radius 3 is 2.61 bits per heavy atom. The van der Waals surface area contributed by atoms with E-state index in [1.807, 2.05) is 0 Å². The zero-order valence-corrected chi connectivity index (χ0v) is 13.3. The third-order valence-electron chi connectivity index (χ3n) is 3.30. The summed E-state index contributed by atoms with van der Waals surface area (Å²) in [7, 11) is 0. The maximum absolute atomic E-state index is 12.8. The molecular weight excluding hydrogens is 311 g/mol.